The number of halogens is 1. The molecule has 6 nitrogen and oxygen atoms in total. The second-order valence-corrected chi connectivity index (χ2v) is 8.64. The predicted octanol–water partition coefficient (Wildman–Crippen LogP) is 1.89. The summed E-state index contributed by atoms with van der Waals surface area (Å²) in [7, 11) is -1.44. The molecule has 1 atom stereocenters. The summed E-state index contributed by atoms with van der Waals surface area (Å²) < 4.78 is 38.1. The highest BCUT2D eigenvalue weighted by molar-refractivity contribution is 7.91. The molecule has 1 saturated heterocycles. The van der Waals surface area contributed by atoms with Gasteiger partial charge in [-0.15, -0.1) is 0 Å². The Bertz CT molecular complexity index is 919. The maximum absolute atomic E-state index is 13.1. The fourth-order valence-corrected chi connectivity index (χ4v) is 4.98. The Hall–Kier alpha value is -2.22. The Morgan fingerprint density at radius 2 is 1.92 bits per heavy atom. The van der Waals surface area contributed by atoms with Gasteiger partial charge >= 0.3 is 0 Å². The van der Waals surface area contributed by atoms with Gasteiger partial charge in [-0.25, -0.2) is 17.5 Å². The van der Waals surface area contributed by atoms with E-state index in [1.54, 1.807) is 37.7 Å². The van der Waals surface area contributed by atoms with Gasteiger partial charge in [-0.05, 0) is 44.5 Å². The smallest absolute Gasteiger partial charge is 0.257 e. The summed E-state index contributed by atoms with van der Waals surface area (Å²) in [4.78, 5) is 14.4. The van der Waals surface area contributed by atoms with Crippen LogP contribution in [-0.4, -0.2) is 53.6 Å². The third kappa shape index (κ3) is 3.30. The van der Waals surface area contributed by atoms with Gasteiger partial charge in [-0.2, -0.15) is 5.10 Å². The van der Waals surface area contributed by atoms with Crippen LogP contribution in [0.2, 0.25) is 0 Å². The van der Waals surface area contributed by atoms with Crippen molar-refractivity contribution in [2.24, 2.45) is 0 Å². The van der Waals surface area contributed by atoms with Gasteiger partial charge in [0.2, 0.25) is 0 Å². The van der Waals surface area contributed by atoms with Gasteiger partial charge in [0.25, 0.3) is 5.91 Å². The first kappa shape index (κ1) is 17.6. The average Bonchev–Trinajstić information content (AvgIpc) is 3.06. The minimum Gasteiger partial charge on any atom is -0.338 e. The van der Waals surface area contributed by atoms with Crippen LogP contribution in [0.1, 0.15) is 28.2 Å². The van der Waals surface area contributed by atoms with Crippen LogP contribution in [-0.2, 0) is 9.84 Å². The van der Waals surface area contributed by atoms with Crippen molar-refractivity contribution in [3.8, 4) is 5.69 Å². The van der Waals surface area contributed by atoms with Crippen LogP contribution < -0.4 is 0 Å². The maximum Gasteiger partial charge on any atom is 0.257 e. The summed E-state index contributed by atoms with van der Waals surface area (Å²) >= 11 is 0. The first-order chi connectivity index (χ1) is 11.7. The molecule has 134 valence electrons. The molecule has 0 spiro atoms. The van der Waals surface area contributed by atoms with Gasteiger partial charge in [0.1, 0.15) is 5.82 Å². The van der Waals surface area contributed by atoms with E-state index in [0.717, 1.165) is 0 Å². The van der Waals surface area contributed by atoms with Crippen molar-refractivity contribution in [1.29, 1.82) is 0 Å². The molecule has 2 aromatic rings. The number of hydrogen-bond donors (Lipinski definition) is 0. The number of benzene rings is 1. The summed E-state index contributed by atoms with van der Waals surface area (Å²) in [6.07, 6.45) is 0.453. The zero-order chi connectivity index (χ0) is 18.4. The van der Waals surface area contributed by atoms with Crippen LogP contribution in [0.5, 0.6) is 0 Å². The molecule has 1 aromatic carbocycles. The SMILES string of the molecule is Cc1nn(-c2ccc(F)cc2)c(C)c1C(=O)N(C)C1CCS(=O)(=O)C1. The topological polar surface area (TPSA) is 72.3 Å². The molecule has 1 aromatic heterocycles. The van der Waals surface area contributed by atoms with Gasteiger partial charge in [0.05, 0.1) is 34.1 Å². The van der Waals surface area contributed by atoms with Gasteiger partial charge < -0.3 is 4.90 Å². The number of carbonyl (C=O) groups excluding carboxylic acids is 1. The third-order valence-corrected chi connectivity index (χ3v) is 6.40. The van der Waals surface area contributed by atoms with Crippen molar-refractivity contribution < 1.29 is 17.6 Å². The van der Waals surface area contributed by atoms with Crippen molar-refractivity contribution >= 4 is 15.7 Å². The van der Waals surface area contributed by atoms with E-state index in [4.69, 9.17) is 0 Å². The second kappa shape index (κ2) is 6.25. The Morgan fingerprint density at radius 1 is 1.28 bits per heavy atom. The number of carbonyl (C=O) groups is 1. The number of sulfone groups is 1. The predicted molar refractivity (Wildman–Crippen MR) is 92.1 cm³/mol. The molecule has 8 heteroatoms. The number of nitrogens with zero attached hydrogens (tertiary/aromatic N) is 3. The lowest BCUT2D eigenvalue weighted by molar-refractivity contribution is 0.0746. The molecule has 0 bridgehead atoms. The zero-order valence-corrected chi connectivity index (χ0v) is 15.2. The van der Waals surface area contributed by atoms with Crippen LogP contribution in [0.4, 0.5) is 4.39 Å². The molecule has 1 amide bonds. The first-order valence-corrected chi connectivity index (χ1v) is 9.81. The van der Waals surface area contributed by atoms with Crippen molar-refractivity contribution in [2.75, 3.05) is 18.6 Å². The lowest BCUT2D eigenvalue weighted by atomic mass is 10.1. The summed E-state index contributed by atoms with van der Waals surface area (Å²) in [6.45, 7) is 3.51. The standard InChI is InChI=1S/C17H20FN3O3S/c1-11-16(17(22)20(3)15-8-9-25(23,24)10-15)12(2)21(19-11)14-6-4-13(18)5-7-14/h4-7,15H,8-10H2,1-3H3. The van der Waals surface area contributed by atoms with Gasteiger partial charge in [-0.3, -0.25) is 4.79 Å². The quantitative estimate of drug-likeness (QED) is 0.833. The molecule has 1 fully saturated rings. The van der Waals surface area contributed by atoms with Crippen molar-refractivity contribution in [1.82, 2.24) is 14.7 Å². The molecule has 1 unspecified atom stereocenters. The molecule has 0 saturated carbocycles. The summed E-state index contributed by atoms with van der Waals surface area (Å²) in [6, 6.07) is 5.54. The third-order valence-electron chi connectivity index (χ3n) is 4.65. The number of amides is 1. The van der Waals surface area contributed by atoms with Crippen LogP contribution in [0.3, 0.4) is 0 Å². The summed E-state index contributed by atoms with van der Waals surface area (Å²) in [5, 5.41) is 4.40. The Labute approximate surface area is 146 Å². The highest BCUT2D eigenvalue weighted by Crippen LogP contribution is 2.23. The fourth-order valence-electron chi connectivity index (χ4n) is 3.21. The molecule has 3 rings (SSSR count). The van der Waals surface area contributed by atoms with Crippen LogP contribution in [0.15, 0.2) is 24.3 Å². The summed E-state index contributed by atoms with van der Waals surface area (Å²) in [5.41, 5.74) is 2.31. The molecular weight excluding hydrogens is 345 g/mol. The van der Waals surface area contributed by atoms with E-state index in [1.807, 2.05) is 0 Å². The van der Waals surface area contributed by atoms with E-state index in [9.17, 15) is 17.6 Å². The number of rotatable bonds is 3. The lowest BCUT2D eigenvalue weighted by Crippen LogP contribution is -2.38. The van der Waals surface area contributed by atoms with Gasteiger partial charge in [0.15, 0.2) is 9.84 Å². The van der Waals surface area contributed by atoms with E-state index in [1.165, 1.54) is 17.0 Å². The normalized spacial score (nSPS) is 19.1. The largest absolute Gasteiger partial charge is 0.338 e. The minimum absolute atomic E-state index is 0.000561. The van der Waals surface area contributed by atoms with Crippen LogP contribution in [0, 0.1) is 19.7 Å². The lowest BCUT2D eigenvalue weighted by Gasteiger charge is -2.23. The number of aryl methyl sites for hydroxylation is 1. The molecule has 0 N–H and O–H groups in total. The molecule has 2 heterocycles. The van der Waals surface area contributed by atoms with E-state index < -0.39 is 9.84 Å². The molecule has 1 aliphatic rings. The van der Waals surface area contributed by atoms with Crippen molar-refractivity contribution in [3.05, 3.63) is 47.0 Å². The monoisotopic (exact) mass is 365 g/mol. The van der Waals surface area contributed by atoms with Crippen LogP contribution in [0.25, 0.3) is 5.69 Å². The Kier molecular flexibility index (Phi) is 4.40. The minimum atomic E-state index is -3.07. The molecular formula is C17H20FN3O3S. The highest BCUT2D eigenvalue weighted by Gasteiger charge is 2.34. The Morgan fingerprint density at radius 3 is 2.48 bits per heavy atom. The first-order valence-electron chi connectivity index (χ1n) is 7.99. The highest BCUT2D eigenvalue weighted by atomic mass is 32.2. The van der Waals surface area contributed by atoms with Gasteiger partial charge in [0, 0.05) is 13.1 Å². The number of aromatic nitrogens is 2. The second-order valence-electron chi connectivity index (χ2n) is 6.41. The van der Waals surface area contributed by atoms with Gasteiger partial charge in [-0.1, -0.05) is 0 Å². The number of hydrogen-bond acceptors (Lipinski definition) is 4. The maximum atomic E-state index is 13.1. The van der Waals surface area contributed by atoms with E-state index >= 15 is 0 Å². The molecule has 25 heavy (non-hydrogen) atoms. The van der Waals surface area contributed by atoms with E-state index in [0.29, 0.717) is 29.1 Å². The van der Waals surface area contributed by atoms with E-state index in [-0.39, 0.29) is 29.3 Å². The zero-order valence-electron chi connectivity index (χ0n) is 14.4. The fraction of sp³-hybridized carbons (Fsp3) is 0.412. The Balaban J connectivity index is 1.92. The van der Waals surface area contributed by atoms with Crippen LogP contribution >= 0.6 is 0 Å². The van der Waals surface area contributed by atoms with Crippen molar-refractivity contribution in [3.63, 3.8) is 0 Å². The van der Waals surface area contributed by atoms with Crippen molar-refractivity contribution in [2.45, 2.75) is 26.3 Å². The molecule has 0 radical (unpaired) electrons. The molecule has 1 aliphatic heterocycles. The van der Waals surface area contributed by atoms with E-state index in [2.05, 4.69) is 5.10 Å². The average molecular weight is 365 g/mol. The molecule has 0 aliphatic carbocycles. The summed E-state index contributed by atoms with van der Waals surface area (Å²) in [5.74, 6) is -0.476.